The molecule has 0 spiro atoms. The minimum Gasteiger partial charge on any atom is -0.389 e. The largest absolute Gasteiger partial charge is 0.389 e. The average Bonchev–Trinajstić information content (AvgIpc) is 2.58. The van der Waals surface area contributed by atoms with Crippen molar-refractivity contribution in [2.45, 2.75) is 25.0 Å². The Labute approximate surface area is 135 Å². The molecule has 5 heteroatoms. The molecular formula is C18H21N3O2. The van der Waals surface area contributed by atoms with Crippen LogP contribution in [0.25, 0.3) is 0 Å². The molecule has 2 atom stereocenters. The van der Waals surface area contributed by atoms with E-state index in [9.17, 15) is 9.90 Å². The van der Waals surface area contributed by atoms with E-state index in [0.717, 1.165) is 17.8 Å². The Morgan fingerprint density at radius 1 is 1.30 bits per heavy atom. The normalized spacial score (nSPS) is 24.2. The monoisotopic (exact) mass is 311 g/mol. The first-order valence-corrected chi connectivity index (χ1v) is 7.81. The SMILES string of the molecule is Cc1ccc(C(=O)N[C@@]2(c3ccccc3)CCNC[C@H]2O)cn1. The summed E-state index contributed by atoms with van der Waals surface area (Å²) in [5.74, 6) is -0.220. The minimum atomic E-state index is -0.783. The first kappa shape index (κ1) is 15.6. The van der Waals surface area contributed by atoms with E-state index in [-0.39, 0.29) is 5.91 Å². The number of hydrogen-bond acceptors (Lipinski definition) is 4. The van der Waals surface area contributed by atoms with Crippen LogP contribution in [0.1, 0.15) is 28.0 Å². The van der Waals surface area contributed by atoms with E-state index in [1.165, 1.54) is 0 Å². The van der Waals surface area contributed by atoms with E-state index in [1.807, 2.05) is 43.3 Å². The van der Waals surface area contributed by atoms with E-state index in [1.54, 1.807) is 12.3 Å². The van der Waals surface area contributed by atoms with Gasteiger partial charge in [-0.3, -0.25) is 9.78 Å². The summed E-state index contributed by atoms with van der Waals surface area (Å²) in [6.07, 6.45) is 1.50. The maximum atomic E-state index is 12.7. The standard InChI is InChI=1S/C18H21N3O2/c1-13-7-8-14(11-20-13)17(23)21-18(9-10-19-12-16(18)22)15-5-3-2-4-6-15/h2-8,11,16,19,22H,9-10,12H2,1H3,(H,21,23)/t16-,18-/m1/s1. The van der Waals surface area contributed by atoms with Crippen molar-refractivity contribution in [3.8, 4) is 0 Å². The molecule has 5 nitrogen and oxygen atoms in total. The molecule has 1 aliphatic heterocycles. The highest BCUT2D eigenvalue weighted by atomic mass is 16.3. The summed E-state index contributed by atoms with van der Waals surface area (Å²) in [7, 11) is 0. The number of carbonyl (C=O) groups excluding carboxylic acids is 1. The van der Waals surface area contributed by atoms with Gasteiger partial charge in [-0.05, 0) is 37.6 Å². The van der Waals surface area contributed by atoms with Gasteiger partial charge in [0.2, 0.25) is 0 Å². The number of nitrogens with zero attached hydrogens (tertiary/aromatic N) is 1. The zero-order chi connectivity index (χ0) is 16.3. The summed E-state index contributed by atoms with van der Waals surface area (Å²) in [6, 6.07) is 13.2. The summed E-state index contributed by atoms with van der Waals surface area (Å²) < 4.78 is 0. The molecule has 0 aliphatic carbocycles. The van der Waals surface area contributed by atoms with Crippen LogP contribution in [0.3, 0.4) is 0 Å². The van der Waals surface area contributed by atoms with Gasteiger partial charge in [0.1, 0.15) is 0 Å². The number of piperidine rings is 1. The summed E-state index contributed by atoms with van der Waals surface area (Å²) in [5, 5.41) is 16.9. The topological polar surface area (TPSA) is 74.2 Å². The molecule has 1 saturated heterocycles. The van der Waals surface area contributed by atoms with Gasteiger partial charge in [-0.2, -0.15) is 0 Å². The second-order valence-corrected chi connectivity index (χ2v) is 5.95. The molecule has 0 radical (unpaired) electrons. The molecule has 0 unspecified atom stereocenters. The Balaban J connectivity index is 1.93. The van der Waals surface area contributed by atoms with Crippen molar-refractivity contribution in [1.82, 2.24) is 15.6 Å². The number of β-amino-alcohol motifs (C(OH)–C–C–N with tert-alkyl or cyclic N) is 1. The fraction of sp³-hybridized carbons (Fsp3) is 0.333. The van der Waals surface area contributed by atoms with E-state index in [2.05, 4.69) is 15.6 Å². The number of aryl methyl sites for hydroxylation is 1. The van der Waals surface area contributed by atoms with Crippen LogP contribution >= 0.6 is 0 Å². The van der Waals surface area contributed by atoms with Gasteiger partial charge in [-0.1, -0.05) is 30.3 Å². The van der Waals surface area contributed by atoms with Gasteiger partial charge >= 0.3 is 0 Å². The fourth-order valence-electron chi connectivity index (χ4n) is 3.03. The van der Waals surface area contributed by atoms with E-state index < -0.39 is 11.6 Å². The molecule has 2 aromatic rings. The van der Waals surface area contributed by atoms with Crippen molar-refractivity contribution in [2.75, 3.05) is 13.1 Å². The smallest absolute Gasteiger partial charge is 0.253 e. The van der Waals surface area contributed by atoms with Crippen LogP contribution in [-0.4, -0.2) is 35.2 Å². The molecule has 1 aromatic carbocycles. The molecule has 3 N–H and O–H groups in total. The van der Waals surface area contributed by atoms with Crippen LogP contribution < -0.4 is 10.6 Å². The zero-order valence-corrected chi connectivity index (χ0v) is 13.1. The van der Waals surface area contributed by atoms with Crippen LogP contribution in [0.15, 0.2) is 48.7 Å². The number of rotatable bonds is 3. The first-order valence-electron chi connectivity index (χ1n) is 7.81. The van der Waals surface area contributed by atoms with Gasteiger partial charge < -0.3 is 15.7 Å². The predicted octanol–water partition coefficient (Wildman–Crippen LogP) is 1.37. The second-order valence-electron chi connectivity index (χ2n) is 5.95. The Kier molecular flexibility index (Phi) is 4.41. The lowest BCUT2D eigenvalue weighted by Crippen LogP contribution is -2.61. The summed E-state index contributed by atoms with van der Waals surface area (Å²) >= 11 is 0. The summed E-state index contributed by atoms with van der Waals surface area (Å²) in [5.41, 5.74) is 1.49. The Morgan fingerprint density at radius 3 is 2.74 bits per heavy atom. The summed E-state index contributed by atoms with van der Waals surface area (Å²) in [4.78, 5) is 16.8. The summed E-state index contributed by atoms with van der Waals surface area (Å²) in [6.45, 7) is 3.06. The van der Waals surface area contributed by atoms with Gasteiger partial charge in [-0.15, -0.1) is 0 Å². The molecule has 23 heavy (non-hydrogen) atoms. The molecule has 1 aromatic heterocycles. The Hall–Kier alpha value is -2.24. The number of pyridine rings is 1. The Morgan fingerprint density at radius 2 is 2.09 bits per heavy atom. The number of nitrogens with one attached hydrogen (secondary N) is 2. The molecule has 0 saturated carbocycles. The molecule has 120 valence electrons. The van der Waals surface area contributed by atoms with Gasteiger partial charge in [0.05, 0.1) is 17.2 Å². The number of aromatic nitrogens is 1. The maximum absolute atomic E-state index is 12.7. The number of benzene rings is 1. The predicted molar refractivity (Wildman–Crippen MR) is 88.1 cm³/mol. The number of amides is 1. The van der Waals surface area contributed by atoms with Crippen molar-refractivity contribution >= 4 is 5.91 Å². The van der Waals surface area contributed by atoms with Gasteiger partial charge in [0, 0.05) is 18.4 Å². The van der Waals surface area contributed by atoms with E-state index >= 15 is 0 Å². The van der Waals surface area contributed by atoms with Crippen LogP contribution in [0.2, 0.25) is 0 Å². The highest BCUT2D eigenvalue weighted by Crippen LogP contribution is 2.31. The van der Waals surface area contributed by atoms with Crippen LogP contribution in [-0.2, 0) is 5.54 Å². The molecule has 1 aliphatic rings. The molecule has 0 bridgehead atoms. The van der Waals surface area contributed by atoms with Crippen LogP contribution in [0.4, 0.5) is 0 Å². The number of hydrogen-bond donors (Lipinski definition) is 3. The maximum Gasteiger partial charge on any atom is 0.253 e. The molecule has 1 amide bonds. The van der Waals surface area contributed by atoms with Crippen molar-refractivity contribution < 1.29 is 9.90 Å². The van der Waals surface area contributed by atoms with Crippen molar-refractivity contribution in [3.05, 3.63) is 65.5 Å². The van der Waals surface area contributed by atoms with Gasteiger partial charge in [0.25, 0.3) is 5.91 Å². The van der Waals surface area contributed by atoms with Crippen LogP contribution in [0, 0.1) is 6.92 Å². The highest BCUT2D eigenvalue weighted by molar-refractivity contribution is 5.94. The molecule has 3 rings (SSSR count). The van der Waals surface area contributed by atoms with Crippen molar-refractivity contribution in [1.29, 1.82) is 0 Å². The first-order chi connectivity index (χ1) is 11.1. The molecular weight excluding hydrogens is 290 g/mol. The van der Waals surface area contributed by atoms with Gasteiger partial charge in [-0.25, -0.2) is 0 Å². The lowest BCUT2D eigenvalue weighted by Gasteiger charge is -2.43. The average molecular weight is 311 g/mol. The Bertz CT molecular complexity index is 672. The third-order valence-electron chi connectivity index (χ3n) is 4.40. The third kappa shape index (κ3) is 3.11. The van der Waals surface area contributed by atoms with Crippen molar-refractivity contribution in [3.63, 3.8) is 0 Å². The lowest BCUT2D eigenvalue weighted by atomic mass is 9.79. The van der Waals surface area contributed by atoms with Gasteiger partial charge in [0.15, 0.2) is 0 Å². The minimum absolute atomic E-state index is 0.220. The van der Waals surface area contributed by atoms with Crippen LogP contribution in [0.5, 0.6) is 0 Å². The van der Waals surface area contributed by atoms with Crippen molar-refractivity contribution in [2.24, 2.45) is 0 Å². The number of aliphatic hydroxyl groups is 1. The molecule has 1 fully saturated rings. The fourth-order valence-corrected chi connectivity index (χ4v) is 3.03. The quantitative estimate of drug-likeness (QED) is 0.800. The number of aliphatic hydroxyl groups excluding tert-OH is 1. The second kappa shape index (κ2) is 6.48. The van der Waals surface area contributed by atoms with E-state index in [0.29, 0.717) is 18.5 Å². The molecule has 2 heterocycles. The third-order valence-corrected chi connectivity index (χ3v) is 4.40. The number of carbonyl (C=O) groups is 1. The lowest BCUT2D eigenvalue weighted by molar-refractivity contribution is 0.0289. The highest BCUT2D eigenvalue weighted by Gasteiger charge is 2.42. The zero-order valence-electron chi connectivity index (χ0n) is 13.1. The van der Waals surface area contributed by atoms with E-state index in [4.69, 9.17) is 0 Å².